The second kappa shape index (κ2) is 7.89. The van der Waals surface area contributed by atoms with E-state index in [4.69, 9.17) is 28.0 Å². The van der Waals surface area contributed by atoms with Gasteiger partial charge in [0.15, 0.2) is 0 Å². The molecule has 0 saturated heterocycles. The van der Waals surface area contributed by atoms with E-state index in [2.05, 4.69) is 31.2 Å². The molecule has 2 unspecified atom stereocenters. The van der Waals surface area contributed by atoms with Gasteiger partial charge in [-0.15, -0.1) is 0 Å². The number of fused-ring (bicyclic) bond motifs is 2. The van der Waals surface area contributed by atoms with Crippen molar-refractivity contribution in [2.75, 3.05) is 5.32 Å². The first kappa shape index (κ1) is 22.8. The van der Waals surface area contributed by atoms with Crippen molar-refractivity contribution < 1.29 is 14.4 Å². The standard InChI is InChI=1S/C25H26Cl2N2O3/c1-15-5-8-18(27)13-19(15)28-22(31)25-12-11-24(4,23(25,2)3)20(14-25)29-32-21(30)16-6-9-17(26)10-7-16/h5-10,13H,11-12,14H2,1-4H3,(H,28,31). The van der Waals surface area contributed by atoms with Crippen molar-refractivity contribution in [1.82, 2.24) is 0 Å². The highest BCUT2D eigenvalue weighted by atomic mass is 35.5. The summed E-state index contributed by atoms with van der Waals surface area (Å²) in [7, 11) is 0. The quantitative estimate of drug-likeness (QED) is 0.398. The number of carbonyl (C=O) groups is 2. The number of hydrogen-bond acceptors (Lipinski definition) is 4. The van der Waals surface area contributed by atoms with Gasteiger partial charge >= 0.3 is 5.97 Å². The molecule has 2 bridgehead atoms. The molecule has 1 amide bonds. The topological polar surface area (TPSA) is 67.8 Å². The van der Waals surface area contributed by atoms with Crippen LogP contribution in [-0.2, 0) is 9.63 Å². The van der Waals surface area contributed by atoms with Crippen molar-refractivity contribution >= 4 is 46.5 Å². The van der Waals surface area contributed by atoms with Gasteiger partial charge in [-0.3, -0.25) is 4.79 Å². The zero-order valence-corrected chi connectivity index (χ0v) is 20.1. The van der Waals surface area contributed by atoms with Crippen LogP contribution in [0.5, 0.6) is 0 Å². The molecule has 5 nitrogen and oxygen atoms in total. The summed E-state index contributed by atoms with van der Waals surface area (Å²) in [4.78, 5) is 31.4. The first-order chi connectivity index (χ1) is 15.0. The van der Waals surface area contributed by atoms with Crippen LogP contribution in [0.25, 0.3) is 0 Å². The van der Waals surface area contributed by atoms with E-state index in [-0.39, 0.29) is 16.7 Å². The summed E-state index contributed by atoms with van der Waals surface area (Å²) in [6, 6.07) is 11.9. The number of benzene rings is 2. The summed E-state index contributed by atoms with van der Waals surface area (Å²) in [5.74, 6) is -0.600. The smallest absolute Gasteiger partial charge is 0.325 e. The lowest BCUT2D eigenvalue weighted by molar-refractivity contribution is -0.130. The van der Waals surface area contributed by atoms with Crippen LogP contribution in [0, 0.1) is 23.2 Å². The summed E-state index contributed by atoms with van der Waals surface area (Å²) in [6.45, 7) is 8.25. The number of carbonyl (C=O) groups excluding carboxylic acids is 2. The fourth-order valence-corrected chi connectivity index (χ4v) is 5.53. The van der Waals surface area contributed by atoms with E-state index in [1.165, 1.54) is 0 Å². The molecule has 0 heterocycles. The maximum atomic E-state index is 13.6. The van der Waals surface area contributed by atoms with Crippen LogP contribution in [0.2, 0.25) is 10.0 Å². The lowest BCUT2D eigenvalue weighted by Crippen LogP contribution is -2.43. The number of nitrogens with zero attached hydrogens (tertiary/aromatic N) is 1. The number of nitrogens with one attached hydrogen (secondary N) is 1. The molecule has 0 aliphatic heterocycles. The number of hydrogen-bond donors (Lipinski definition) is 1. The molecule has 0 radical (unpaired) electrons. The van der Waals surface area contributed by atoms with Crippen molar-refractivity contribution in [1.29, 1.82) is 0 Å². The molecule has 0 spiro atoms. The third-order valence-electron chi connectivity index (χ3n) is 7.93. The highest BCUT2D eigenvalue weighted by Crippen LogP contribution is 2.71. The number of halogens is 2. The number of oxime groups is 1. The number of anilines is 1. The van der Waals surface area contributed by atoms with Crippen molar-refractivity contribution in [3.8, 4) is 0 Å². The molecule has 2 aliphatic carbocycles. The number of amides is 1. The predicted molar refractivity (Wildman–Crippen MR) is 127 cm³/mol. The SMILES string of the molecule is Cc1ccc(Cl)cc1NC(=O)C12CCC(C)(C(=NOC(=O)c3ccc(Cl)cc3)C1)C2(C)C. The van der Waals surface area contributed by atoms with Crippen LogP contribution in [0.1, 0.15) is 56.0 Å². The van der Waals surface area contributed by atoms with Crippen molar-refractivity contribution in [3.63, 3.8) is 0 Å². The molecular weight excluding hydrogens is 447 g/mol. The second-order valence-corrected chi connectivity index (χ2v) is 10.4. The summed E-state index contributed by atoms with van der Waals surface area (Å²) in [5.41, 5.74) is 1.39. The molecule has 1 N–H and O–H groups in total. The fraction of sp³-hybridized carbons (Fsp3) is 0.400. The zero-order valence-electron chi connectivity index (χ0n) is 18.6. The van der Waals surface area contributed by atoms with E-state index in [1.807, 2.05) is 13.0 Å². The van der Waals surface area contributed by atoms with E-state index in [1.54, 1.807) is 36.4 Å². The van der Waals surface area contributed by atoms with E-state index in [0.717, 1.165) is 24.1 Å². The maximum absolute atomic E-state index is 13.6. The average Bonchev–Trinajstić information content (AvgIpc) is 3.05. The highest BCUT2D eigenvalue weighted by Gasteiger charge is 2.71. The molecular formula is C25H26Cl2N2O3. The average molecular weight is 473 g/mol. The monoisotopic (exact) mass is 472 g/mol. The minimum absolute atomic E-state index is 0.0502. The van der Waals surface area contributed by atoms with Gasteiger partial charge in [0.25, 0.3) is 0 Å². The summed E-state index contributed by atoms with van der Waals surface area (Å²) in [6.07, 6.45) is 1.97. The van der Waals surface area contributed by atoms with Crippen molar-refractivity contribution in [2.45, 2.75) is 47.0 Å². The first-order valence-corrected chi connectivity index (χ1v) is 11.4. The molecule has 7 heteroatoms. The third-order valence-corrected chi connectivity index (χ3v) is 8.42. The van der Waals surface area contributed by atoms with Gasteiger partial charge in [-0.1, -0.05) is 55.2 Å². The zero-order chi connectivity index (χ0) is 23.3. The van der Waals surface area contributed by atoms with E-state index < -0.39 is 11.4 Å². The van der Waals surface area contributed by atoms with E-state index in [9.17, 15) is 9.59 Å². The summed E-state index contributed by atoms with van der Waals surface area (Å²) < 4.78 is 0. The normalized spacial score (nSPS) is 26.9. The van der Waals surface area contributed by atoms with E-state index in [0.29, 0.717) is 27.7 Å². The molecule has 0 aromatic heterocycles. The largest absolute Gasteiger partial charge is 0.365 e. The molecule has 2 aromatic rings. The highest BCUT2D eigenvalue weighted by molar-refractivity contribution is 6.31. The van der Waals surface area contributed by atoms with Gasteiger partial charge in [0.2, 0.25) is 5.91 Å². The Kier molecular flexibility index (Phi) is 5.62. The predicted octanol–water partition coefficient (Wildman–Crippen LogP) is 6.67. The van der Waals surface area contributed by atoms with Crippen LogP contribution >= 0.6 is 23.2 Å². The number of aryl methyl sites for hydroxylation is 1. The van der Waals surface area contributed by atoms with Crippen LogP contribution in [0.15, 0.2) is 47.6 Å². The van der Waals surface area contributed by atoms with Crippen molar-refractivity contribution in [2.24, 2.45) is 21.4 Å². The Labute approximate surface area is 198 Å². The molecule has 2 saturated carbocycles. The summed E-state index contributed by atoms with van der Waals surface area (Å²) in [5, 5.41) is 8.48. The van der Waals surface area contributed by atoms with Crippen LogP contribution < -0.4 is 5.32 Å². The van der Waals surface area contributed by atoms with Gasteiger partial charge in [0.05, 0.1) is 16.7 Å². The second-order valence-electron chi connectivity index (χ2n) is 9.55. The van der Waals surface area contributed by atoms with Crippen molar-refractivity contribution in [3.05, 3.63) is 63.6 Å². The van der Waals surface area contributed by atoms with Gasteiger partial charge in [-0.2, -0.15) is 0 Å². The lowest BCUT2D eigenvalue weighted by Gasteiger charge is -2.39. The maximum Gasteiger partial charge on any atom is 0.365 e. The van der Waals surface area contributed by atoms with Gasteiger partial charge < -0.3 is 10.2 Å². The Morgan fingerprint density at radius 3 is 2.34 bits per heavy atom. The Morgan fingerprint density at radius 1 is 1.00 bits per heavy atom. The Hall–Kier alpha value is -2.37. The van der Waals surface area contributed by atoms with Gasteiger partial charge in [-0.05, 0) is 67.1 Å². The summed E-state index contributed by atoms with van der Waals surface area (Å²) >= 11 is 12.0. The minimum atomic E-state index is -0.651. The van der Waals surface area contributed by atoms with E-state index >= 15 is 0 Å². The Bertz CT molecular complexity index is 1130. The first-order valence-electron chi connectivity index (χ1n) is 10.6. The van der Waals surface area contributed by atoms with Crippen LogP contribution in [-0.4, -0.2) is 17.6 Å². The van der Waals surface area contributed by atoms with Gasteiger partial charge in [0, 0.05) is 27.6 Å². The minimum Gasteiger partial charge on any atom is -0.325 e. The van der Waals surface area contributed by atoms with Gasteiger partial charge in [0.1, 0.15) is 0 Å². The molecule has 168 valence electrons. The molecule has 2 aromatic carbocycles. The Morgan fingerprint density at radius 2 is 1.66 bits per heavy atom. The van der Waals surface area contributed by atoms with Crippen LogP contribution in [0.4, 0.5) is 5.69 Å². The third kappa shape index (κ3) is 3.43. The molecule has 2 aliphatic rings. The van der Waals surface area contributed by atoms with Gasteiger partial charge in [-0.25, -0.2) is 4.79 Å². The molecule has 2 atom stereocenters. The number of rotatable bonds is 4. The Balaban J connectivity index is 1.60. The molecule has 4 rings (SSSR count). The fourth-order valence-electron chi connectivity index (χ4n) is 5.23. The van der Waals surface area contributed by atoms with Crippen LogP contribution in [0.3, 0.4) is 0 Å². The molecule has 2 fully saturated rings. The lowest BCUT2D eigenvalue weighted by atomic mass is 9.64. The molecule has 32 heavy (non-hydrogen) atoms.